The van der Waals surface area contributed by atoms with Gasteiger partial charge in [-0.2, -0.15) is 5.26 Å². The Labute approximate surface area is 110 Å². The van der Waals surface area contributed by atoms with Crippen LogP contribution in [-0.4, -0.2) is 10.9 Å². The Balaban J connectivity index is 1.71. The van der Waals surface area contributed by atoms with Gasteiger partial charge in [0.15, 0.2) is 5.13 Å². The summed E-state index contributed by atoms with van der Waals surface area (Å²) in [4.78, 5) is 16.6. The molecule has 2 aliphatic rings. The number of aromatic nitrogens is 1. The fourth-order valence-corrected chi connectivity index (χ4v) is 3.28. The van der Waals surface area contributed by atoms with E-state index < -0.39 is 5.41 Å². The number of anilines is 1. The van der Waals surface area contributed by atoms with Crippen LogP contribution in [0.25, 0.3) is 0 Å². The Kier molecular flexibility index (Phi) is 2.83. The van der Waals surface area contributed by atoms with Gasteiger partial charge in [-0.05, 0) is 25.7 Å². The maximum Gasteiger partial charge on any atom is 0.246 e. The van der Waals surface area contributed by atoms with Crippen LogP contribution in [0.3, 0.4) is 0 Å². The zero-order valence-corrected chi connectivity index (χ0v) is 10.9. The molecule has 2 fully saturated rings. The largest absolute Gasteiger partial charge is 0.301 e. The maximum atomic E-state index is 12.2. The van der Waals surface area contributed by atoms with Crippen molar-refractivity contribution in [3.05, 3.63) is 11.1 Å². The summed E-state index contributed by atoms with van der Waals surface area (Å²) in [5.74, 6) is 0.433. The molecule has 0 atom stereocenters. The second-order valence-electron chi connectivity index (χ2n) is 5.21. The Morgan fingerprint density at radius 3 is 2.83 bits per heavy atom. The number of hydrogen-bond donors (Lipinski definition) is 1. The molecule has 0 spiro atoms. The molecule has 3 rings (SSSR count). The molecule has 2 saturated carbocycles. The summed E-state index contributed by atoms with van der Waals surface area (Å²) >= 11 is 1.46. The average molecular weight is 261 g/mol. The van der Waals surface area contributed by atoms with Gasteiger partial charge in [-0.25, -0.2) is 4.98 Å². The lowest BCUT2D eigenvalue weighted by Gasteiger charge is -2.17. The first kappa shape index (κ1) is 11.7. The predicted molar refractivity (Wildman–Crippen MR) is 69.2 cm³/mol. The Morgan fingerprint density at radius 2 is 2.22 bits per heavy atom. The molecule has 0 saturated heterocycles. The van der Waals surface area contributed by atoms with Crippen LogP contribution in [0.5, 0.6) is 0 Å². The first-order valence-electron chi connectivity index (χ1n) is 6.42. The summed E-state index contributed by atoms with van der Waals surface area (Å²) in [6.07, 6.45) is 5.70. The molecule has 1 N–H and O–H groups in total. The van der Waals surface area contributed by atoms with Crippen molar-refractivity contribution < 1.29 is 4.79 Å². The summed E-state index contributed by atoms with van der Waals surface area (Å²) in [5.41, 5.74) is 0.276. The van der Waals surface area contributed by atoms with E-state index >= 15 is 0 Å². The van der Waals surface area contributed by atoms with E-state index in [2.05, 4.69) is 16.4 Å². The summed E-state index contributed by atoms with van der Waals surface area (Å²) < 4.78 is 0. The van der Waals surface area contributed by atoms with E-state index in [1.165, 1.54) is 24.2 Å². The molecule has 4 nitrogen and oxygen atoms in total. The van der Waals surface area contributed by atoms with Crippen LogP contribution in [0.15, 0.2) is 5.38 Å². The van der Waals surface area contributed by atoms with E-state index in [1.807, 2.05) is 5.38 Å². The van der Waals surface area contributed by atoms with Crippen LogP contribution >= 0.6 is 11.3 Å². The van der Waals surface area contributed by atoms with Gasteiger partial charge in [-0.15, -0.1) is 11.3 Å². The minimum atomic E-state index is -0.814. The highest BCUT2D eigenvalue weighted by atomic mass is 32.1. The van der Waals surface area contributed by atoms with E-state index in [0.29, 0.717) is 23.9 Å². The van der Waals surface area contributed by atoms with Crippen molar-refractivity contribution in [3.8, 4) is 6.07 Å². The van der Waals surface area contributed by atoms with Crippen LogP contribution in [0.1, 0.15) is 50.1 Å². The summed E-state index contributed by atoms with van der Waals surface area (Å²) in [5, 5.41) is 14.7. The molecule has 5 heteroatoms. The molecule has 1 aromatic rings. The molecule has 2 aliphatic carbocycles. The van der Waals surface area contributed by atoms with E-state index in [-0.39, 0.29) is 5.91 Å². The highest BCUT2D eigenvalue weighted by Gasteiger charge is 2.41. The van der Waals surface area contributed by atoms with Crippen molar-refractivity contribution in [1.82, 2.24) is 4.98 Å². The maximum absolute atomic E-state index is 12.2. The molecule has 18 heavy (non-hydrogen) atoms. The van der Waals surface area contributed by atoms with Crippen LogP contribution in [0, 0.1) is 16.7 Å². The topological polar surface area (TPSA) is 65.8 Å². The third-order valence-corrected chi connectivity index (χ3v) is 4.62. The van der Waals surface area contributed by atoms with Crippen molar-refractivity contribution in [3.63, 3.8) is 0 Å². The summed E-state index contributed by atoms with van der Waals surface area (Å²) in [6.45, 7) is 0. The molecular weight excluding hydrogens is 246 g/mol. The molecule has 1 heterocycles. The second kappa shape index (κ2) is 4.36. The molecular formula is C13H15N3OS. The highest BCUT2D eigenvalue weighted by Crippen LogP contribution is 2.42. The second-order valence-corrected chi connectivity index (χ2v) is 6.07. The van der Waals surface area contributed by atoms with Gasteiger partial charge >= 0.3 is 0 Å². The number of amides is 1. The van der Waals surface area contributed by atoms with E-state index in [1.54, 1.807) is 0 Å². The van der Waals surface area contributed by atoms with Gasteiger partial charge < -0.3 is 5.32 Å². The van der Waals surface area contributed by atoms with Crippen molar-refractivity contribution in [2.45, 2.75) is 44.4 Å². The quantitative estimate of drug-likeness (QED) is 0.909. The molecule has 1 amide bonds. The standard InChI is InChI=1S/C13H15N3OS/c14-8-13(5-1-2-6-13)11(17)16-12-15-10(7-18-12)9-3-4-9/h7,9H,1-6H2,(H,15,16,17). The first-order valence-corrected chi connectivity index (χ1v) is 7.30. The SMILES string of the molecule is N#CC1(C(=O)Nc2nc(C3CC3)cs2)CCCC1. The van der Waals surface area contributed by atoms with Gasteiger partial charge in [0.2, 0.25) is 5.91 Å². The summed E-state index contributed by atoms with van der Waals surface area (Å²) in [6, 6.07) is 2.20. The molecule has 0 radical (unpaired) electrons. The van der Waals surface area contributed by atoms with Gasteiger partial charge in [0.05, 0.1) is 11.8 Å². The van der Waals surface area contributed by atoms with E-state index in [9.17, 15) is 10.1 Å². The van der Waals surface area contributed by atoms with Crippen LogP contribution in [-0.2, 0) is 4.79 Å². The summed E-state index contributed by atoms with van der Waals surface area (Å²) in [7, 11) is 0. The molecule has 0 bridgehead atoms. The van der Waals surface area contributed by atoms with Gasteiger partial charge in [-0.3, -0.25) is 4.79 Å². The normalized spacial score (nSPS) is 21.5. The third-order valence-electron chi connectivity index (χ3n) is 3.84. The molecule has 0 aliphatic heterocycles. The number of rotatable bonds is 3. The molecule has 0 unspecified atom stereocenters. The van der Waals surface area contributed by atoms with E-state index in [4.69, 9.17) is 0 Å². The Hall–Kier alpha value is -1.41. The molecule has 94 valence electrons. The molecule has 0 aromatic carbocycles. The zero-order chi connectivity index (χ0) is 12.6. The fourth-order valence-electron chi connectivity index (χ4n) is 2.50. The third kappa shape index (κ3) is 2.01. The van der Waals surface area contributed by atoms with Crippen LogP contribution < -0.4 is 5.32 Å². The van der Waals surface area contributed by atoms with Crippen molar-refractivity contribution in [1.29, 1.82) is 5.26 Å². The van der Waals surface area contributed by atoms with Crippen molar-refractivity contribution in [2.24, 2.45) is 5.41 Å². The number of thiazole rings is 1. The predicted octanol–water partition coefficient (Wildman–Crippen LogP) is 3.04. The zero-order valence-electron chi connectivity index (χ0n) is 10.1. The van der Waals surface area contributed by atoms with Crippen molar-refractivity contribution in [2.75, 3.05) is 5.32 Å². The molecule has 1 aromatic heterocycles. The lowest BCUT2D eigenvalue weighted by atomic mass is 9.87. The first-order chi connectivity index (χ1) is 8.73. The number of nitrogens with zero attached hydrogens (tertiary/aromatic N) is 2. The minimum absolute atomic E-state index is 0.167. The average Bonchev–Trinajstić information content (AvgIpc) is 2.93. The van der Waals surface area contributed by atoms with E-state index in [0.717, 1.165) is 18.5 Å². The number of nitriles is 1. The monoisotopic (exact) mass is 261 g/mol. The van der Waals surface area contributed by atoms with Crippen molar-refractivity contribution >= 4 is 22.4 Å². The van der Waals surface area contributed by atoms with Crippen LogP contribution in [0.2, 0.25) is 0 Å². The number of hydrogen-bond acceptors (Lipinski definition) is 4. The lowest BCUT2D eigenvalue weighted by Crippen LogP contribution is -2.32. The Morgan fingerprint density at radius 1 is 1.50 bits per heavy atom. The van der Waals surface area contributed by atoms with Gasteiger partial charge in [0.25, 0.3) is 0 Å². The van der Waals surface area contributed by atoms with Gasteiger partial charge in [0, 0.05) is 11.3 Å². The minimum Gasteiger partial charge on any atom is -0.301 e. The van der Waals surface area contributed by atoms with Crippen LogP contribution in [0.4, 0.5) is 5.13 Å². The van der Waals surface area contributed by atoms with Gasteiger partial charge in [-0.1, -0.05) is 12.8 Å². The Bertz CT molecular complexity index is 507. The highest BCUT2D eigenvalue weighted by molar-refractivity contribution is 7.13. The van der Waals surface area contributed by atoms with Gasteiger partial charge in [0.1, 0.15) is 5.41 Å². The number of nitrogens with one attached hydrogen (secondary N) is 1. The smallest absolute Gasteiger partial charge is 0.246 e. The fraction of sp³-hybridized carbons (Fsp3) is 0.615. The number of carbonyl (C=O) groups excluding carboxylic acids is 1. The lowest BCUT2D eigenvalue weighted by molar-refractivity contribution is -0.122. The number of carbonyl (C=O) groups is 1.